The number of carbonyl (C=O) groups excluding carboxylic acids is 1. The number of ether oxygens (including phenoxy) is 6. The molecule has 22 heavy (non-hydrogen) atoms. The molecule has 132 valence electrons. The summed E-state index contributed by atoms with van der Waals surface area (Å²) in [4.78, 5) is 10.8. The summed E-state index contributed by atoms with van der Waals surface area (Å²) in [6.07, 6.45) is 0. The molecule has 1 N–H and O–H groups in total. The van der Waals surface area contributed by atoms with Crippen molar-refractivity contribution < 1.29 is 33.2 Å². The van der Waals surface area contributed by atoms with E-state index in [9.17, 15) is 4.79 Å². The van der Waals surface area contributed by atoms with E-state index >= 15 is 0 Å². The minimum absolute atomic E-state index is 0.0584. The van der Waals surface area contributed by atoms with Gasteiger partial charge in [-0.2, -0.15) is 0 Å². The van der Waals surface area contributed by atoms with Crippen LogP contribution in [0, 0.1) is 0 Å². The van der Waals surface area contributed by atoms with Gasteiger partial charge in [0.05, 0.1) is 66.1 Å². The highest BCUT2D eigenvalue weighted by Crippen LogP contribution is 1.84. The third-order valence-corrected chi connectivity index (χ3v) is 2.43. The highest BCUT2D eigenvalue weighted by molar-refractivity contribution is 5.76. The zero-order valence-corrected chi connectivity index (χ0v) is 13.6. The van der Waals surface area contributed by atoms with Crippen molar-refractivity contribution >= 4 is 5.91 Å². The summed E-state index contributed by atoms with van der Waals surface area (Å²) in [5.74, 6) is -0.146. The van der Waals surface area contributed by atoms with Crippen molar-refractivity contribution in [1.82, 2.24) is 5.32 Å². The zero-order chi connectivity index (χ0) is 16.3. The molecule has 0 fully saturated rings. The van der Waals surface area contributed by atoms with Crippen LogP contribution in [0.25, 0.3) is 0 Å². The summed E-state index contributed by atoms with van der Waals surface area (Å²) >= 11 is 0. The molecule has 8 nitrogen and oxygen atoms in total. The molecular formula is C14H29NO7. The van der Waals surface area contributed by atoms with Crippen molar-refractivity contribution in [3.63, 3.8) is 0 Å². The molecule has 0 spiro atoms. The lowest BCUT2D eigenvalue weighted by molar-refractivity contribution is -0.125. The Bertz CT molecular complexity index is 241. The Morgan fingerprint density at radius 1 is 0.682 bits per heavy atom. The third kappa shape index (κ3) is 17.3. The third-order valence-electron chi connectivity index (χ3n) is 2.43. The Labute approximate surface area is 132 Å². The van der Waals surface area contributed by atoms with E-state index < -0.39 is 0 Å². The molecule has 8 heteroatoms. The van der Waals surface area contributed by atoms with Crippen molar-refractivity contribution in [3.8, 4) is 0 Å². The van der Waals surface area contributed by atoms with Crippen LogP contribution >= 0.6 is 0 Å². The van der Waals surface area contributed by atoms with Crippen molar-refractivity contribution in [2.24, 2.45) is 0 Å². The maximum Gasteiger partial charge on any atom is 0.245 e. The van der Waals surface area contributed by atoms with Crippen LogP contribution < -0.4 is 5.32 Å². The van der Waals surface area contributed by atoms with Crippen LogP contribution in [0.5, 0.6) is 0 Å². The Balaban J connectivity index is 2.98. The van der Waals surface area contributed by atoms with Crippen LogP contribution in [0.1, 0.15) is 0 Å². The van der Waals surface area contributed by atoms with Gasteiger partial charge in [-0.1, -0.05) is 0 Å². The van der Waals surface area contributed by atoms with Crippen molar-refractivity contribution in [2.75, 3.05) is 86.8 Å². The summed E-state index contributed by atoms with van der Waals surface area (Å²) in [6, 6.07) is 0. The lowest BCUT2D eigenvalue weighted by atomic mass is 10.6. The van der Waals surface area contributed by atoms with Crippen LogP contribution in [0.15, 0.2) is 0 Å². The van der Waals surface area contributed by atoms with E-state index in [2.05, 4.69) is 5.32 Å². The van der Waals surface area contributed by atoms with Gasteiger partial charge in [0, 0.05) is 14.2 Å². The number of nitrogens with one attached hydrogen (secondary N) is 1. The van der Waals surface area contributed by atoms with Crippen LogP contribution in [-0.4, -0.2) is 92.7 Å². The van der Waals surface area contributed by atoms with E-state index in [1.807, 2.05) is 0 Å². The van der Waals surface area contributed by atoms with Gasteiger partial charge in [-0.05, 0) is 0 Å². The fourth-order valence-corrected chi connectivity index (χ4v) is 1.26. The van der Waals surface area contributed by atoms with Crippen molar-refractivity contribution in [2.45, 2.75) is 0 Å². The number of carbonyl (C=O) groups is 1. The number of amides is 1. The molecule has 0 aromatic carbocycles. The summed E-state index contributed by atoms with van der Waals surface area (Å²) in [6.45, 7) is 5.22. The van der Waals surface area contributed by atoms with E-state index in [1.54, 1.807) is 14.2 Å². The van der Waals surface area contributed by atoms with Gasteiger partial charge in [0.1, 0.15) is 6.61 Å². The second kappa shape index (κ2) is 18.3. The standard InChI is InChI=1S/C14H29NO7/c1-15-14(16)13-22-12-11-21-10-9-20-8-7-19-6-5-18-4-3-17-2/h3-13H2,1-2H3,(H,15,16). The maximum atomic E-state index is 10.8. The van der Waals surface area contributed by atoms with E-state index in [0.717, 1.165) is 0 Å². The molecule has 0 heterocycles. The van der Waals surface area contributed by atoms with Gasteiger partial charge >= 0.3 is 0 Å². The summed E-state index contributed by atoms with van der Waals surface area (Å²) < 4.78 is 31.1. The average molecular weight is 323 g/mol. The number of methoxy groups -OCH3 is 1. The van der Waals surface area contributed by atoms with Gasteiger partial charge in [0.15, 0.2) is 0 Å². The molecule has 0 radical (unpaired) electrons. The van der Waals surface area contributed by atoms with Gasteiger partial charge in [-0.15, -0.1) is 0 Å². The smallest absolute Gasteiger partial charge is 0.245 e. The highest BCUT2D eigenvalue weighted by Gasteiger charge is 1.97. The second-order valence-electron chi connectivity index (χ2n) is 4.17. The van der Waals surface area contributed by atoms with Gasteiger partial charge in [0.2, 0.25) is 5.91 Å². The zero-order valence-electron chi connectivity index (χ0n) is 13.6. The number of hydrogen-bond donors (Lipinski definition) is 1. The van der Waals surface area contributed by atoms with E-state index in [4.69, 9.17) is 28.4 Å². The Hall–Kier alpha value is -0.770. The molecule has 0 aromatic rings. The molecule has 1 amide bonds. The molecule has 0 atom stereocenters. The molecule has 0 saturated carbocycles. The molecule has 0 aliphatic carbocycles. The van der Waals surface area contributed by atoms with Crippen molar-refractivity contribution in [1.29, 1.82) is 0 Å². The first kappa shape index (κ1) is 21.2. The van der Waals surface area contributed by atoms with E-state index in [0.29, 0.717) is 66.1 Å². The molecule has 0 aliphatic rings. The summed E-state index contributed by atoms with van der Waals surface area (Å²) in [5, 5.41) is 2.47. The van der Waals surface area contributed by atoms with E-state index in [-0.39, 0.29) is 12.5 Å². The Morgan fingerprint density at radius 2 is 1.05 bits per heavy atom. The number of rotatable bonds is 17. The predicted octanol–water partition coefficient (Wildman–Crippen LogP) is -0.538. The number of likely N-dealkylation sites (N-methyl/N-ethyl adjacent to an activating group) is 1. The lowest BCUT2D eigenvalue weighted by Crippen LogP contribution is -2.24. The van der Waals surface area contributed by atoms with Gasteiger partial charge in [0.25, 0.3) is 0 Å². The van der Waals surface area contributed by atoms with Gasteiger partial charge in [-0.3, -0.25) is 4.79 Å². The molecule has 0 bridgehead atoms. The Morgan fingerprint density at radius 3 is 1.41 bits per heavy atom. The Kier molecular flexibility index (Phi) is 17.6. The monoisotopic (exact) mass is 323 g/mol. The fourth-order valence-electron chi connectivity index (χ4n) is 1.26. The fraction of sp³-hybridized carbons (Fsp3) is 0.929. The predicted molar refractivity (Wildman–Crippen MR) is 80.0 cm³/mol. The average Bonchev–Trinajstić information content (AvgIpc) is 2.54. The number of hydrogen-bond acceptors (Lipinski definition) is 7. The molecular weight excluding hydrogens is 294 g/mol. The largest absolute Gasteiger partial charge is 0.382 e. The summed E-state index contributed by atoms with van der Waals surface area (Å²) in [7, 11) is 3.20. The first-order chi connectivity index (χ1) is 10.8. The van der Waals surface area contributed by atoms with Crippen molar-refractivity contribution in [3.05, 3.63) is 0 Å². The lowest BCUT2D eigenvalue weighted by Gasteiger charge is -2.07. The van der Waals surface area contributed by atoms with Crippen LogP contribution in [-0.2, 0) is 33.2 Å². The topological polar surface area (TPSA) is 84.5 Å². The highest BCUT2D eigenvalue weighted by atomic mass is 16.6. The second-order valence-corrected chi connectivity index (χ2v) is 4.17. The van der Waals surface area contributed by atoms with Crippen LogP contribution in [0.4, 0.5) is 0 Å². The minimum Gasteiger partial charge on any atom is -0.382 e. The van der Waals surface area contributed by atoms with Crippen LogP contribution in [0.3, 0.4) is 0 Å². The molecule has 0 unspecified atom stereocenters. The summed E-state index contributed by atoms with van der Waals surface area (Å²) in [5.41, 5.74) is 0. The minimum atomic E-state index is -0.146. The van der Waals surface area contributed by atoms with E-state index in [1.165, 1.54) is 0 Å². The molecule has 0 aliphatic heterocycles. The maximum absolute atomic E-state index is 10.8. The van der Waals surface area contributed by atoms with Gasteiger partial charge < -0.3 is 33.7 Å². The molecule has 0 aromatic heterocycles. The van der Waals surface area contributed by atoms with Gasteiger partial charge in [-0.25, -0.2) is 0 Å². The first-order valence-corrected chi connectivity index (χ1v) is 7.39. The molecule has 0 rings (SSSR count). The normalized spacial score (nSPS) is 10.8. The SMILES string of the molecule is CNC(=O)COCCOCCOCCOCCOCCOC. The van der Waals surface area contributed by atoms with Crippen LogP contribution in [0.2, 0.25) is 0 Å². The first-order valence-electron chi connectivity index (χ1n) is 7.39. The quantitative estimate of drug-likeness (QED) is 0.360. The molecule has 0 saturated heterocycles.